The number of benzene rings is 11. The minimum atomic E-state index is 1.20. The van der Waals surface area contributed by atoms with Crippen LogP contribution in [0.5, 0.6) is 0 Å². The highest BCUT2D eigenvalue weighted by molar-refractivity contribution is 6.30. The van der Waals surface area contributed by atoms with Crippen LogP contribution in [0.3, 0.4) is 0 Å². The molecule has 11 aromatic carbocycles. The maximum atomic E-state index is 2.51. The Morgan fingerprint density at radius 2 is 0.800 bits per heavy atom. The van der Waals surface area contributed by atoms with Crippen molar-refractivity contribution in [3.8, 4) is 27.9 Å². The lowest BCUT2D eigenvalue weighted by Crippen LogP contribution is -1.96. The summed E-state index contributed by atoms with van der Waals surface area (Å²) in [5.41, 5.74) is 8.55. The molecular formula is C54H33N. The third-order valence-electron chi connectivity index (χ3n) is 11.9. The lowest BCUT2D eigenvalue weighted by Gasteiger charge is -2.14. The van der Waals surface area contributed by atoms with E-state index in [0.29, 0.717) is 0 Å². The third-order valence-corrected chi connectivity index (χ3v) is 11.9. The second kappa shape index (κ2) is 11.6. The van der Waals surface area contributed by atoms with Crippen LogP contribution < -0.4 is 0 Å². The van der Waals surface area contributed by atoms with Gasteiger partial charge >= 0.3 is 0 Å². The number of rotatable bonds is 3. The van der Waals surface area contributed by atoms with Gasteiger partial charge < -0.3 is 4.57 Å². The van der Waals surface area contributed by atoms with Crippen LogP contribution in [0.1, 0.15) is 0 Å². The molecule has 12 aromatic rings. The summed E-state index contributed by atoms with van der Waals surface area (Å²) in [4.78, 5) is 0. The fourth-order valence-corrected chi connectivity index (χ4v) is 9.40. The smallest absolute Gasteiger partial charge is 0.0554 e. The molecule has 254 valence electrons. The molecule has 0 radical (unpaired) electrons. The van der Waals surface area contributed by atoms with Gasteiger partial charge in [0.25, 0.3) is 0 Å². The Morgan fingerprint density at radius 1 is 0.255 bits per heavy atom. The highest BCUT2D eigenvalue weighted by Gasteiger charge is 2.21. The van der Waals surface area contributed by atoms with Crippen molar-refractivity contribution in [1.29, 1.82) is 0 Å². The molecule has 0 amide bonds. The molecule has 0 saturated heterocycles. The number of hydrogen-bond acceptors (Lipinski definition) is 0. The zero-order chi connectivity index (χ0) is 36.0. The molecular weight excluding hydrogens is 663 g/mol. The van der Waals surface area contributed by atoms with Gasteiger partial charge in [0.05, 0.1) is 16.7 Å². The first-order valence-corrected chi connectivity index (χ1v) is 19.1. The van der Waals surface area contributed by atoms with Gasteiger partial charge in [-0.05, 0) is 112 Å². The molecule has 0 aliphatic heterocycles. The van der Waals surface area contributed by atoms with Crippen molar-refractivity contribution in [2.45, 2.75) is 0 Å². The van der Waals surface area contributed by atoms with E-state index in [4.69, 9.17) is 0 Å². The molecule has 0 spiro atoms. The van der Waals surface area contributed by atoms with Gasteiger partial charge in [0.1, 0.15) is 0 Å². The zero-order valence-electron chi connectivity index (χ0n) is 30.0. The number of nitrogens with zero attached hydrogens (tertiary/aromatic N) is 1. The Bertz CT molecular complexity index is 3520. The predicted octanol–water partition coefficient (Wildman–Crippen LogP) is 15.0. The van der Waals surface area contributed by atoms with E-state index >= 15 is 0 Å². The Hall–Kier alpha value is -7.22. The first-order valence-electron chi connectivity index (χ1n) is 19.1. The lowest BCUT2D eigenvalue weighted by atomic mass is 9.91. The van der Waals surface area contributed by atoms with Crippen molar-refractivity contribution in [3.63, 3.8) is 0 Å². The highest BCUT2D eigenvalue weighted by atomic mass is 15.0. The minimum Gasteiger partial charge on any atom is -0.309 e. The van der Waals surface area contributed by atoms with E-state index in [1.54, 1.807) is 0 Å². The van der Waals surface area contributed by atoms with E-state index in [1.807, 2.05) is 0 Å². The van der Waals surface area contributed by atoms with E-state index in [1.165, 1.54) is 114 Å². The van der Waals surface area contributed by atoms with Gasteiger partial charge in [-0.3, -0.25) is 0 Å². The first kappa shape index (κ1) is 30.3. The molecule has 0 bridgehead atoms. The average molecular weight is 696 g/mol. The van der Waals surface area contributed by atoms with E-state index in [0.717, 1.165) is 0 Å². The van der Waals surface area contributed by atoms with Crippen LogP contribution in [-0.2, 0) is 0 Å². The van der Waals surface area contributed by atoms with Gasteiger partial charge in [-0.2, -0.15) is 0 Å². The van der Waals surface area contributed by atoms with Crippen LogP contribution in [0.25, 0.3) is 114 Å². The Kier molecular flexibility index (Phi) is 6.40. The second-order valence-electron chi connectivity index (χ2n) is 14.8. The minimum absolute atomic E-state index is 1.20. The number of aromatic nitrogens is 1. The summed E-state index contributed by atoms with van der Waals surface area (Å²) in [5.74, 6) is 0. The van der Waals surface area contributed by atoms with Crippen LogP contribution in [0.4, 0.5) is 0 Å². The summed E-state index contributed by atoms with van der Waals surface area (Å²) >= 11 is 0. The maximum absolute atomic E-state index is 2.51. The topological polar surface area (TPSA) is 4.93 Å². The molecule has 1 heteroatoms. The van der Waals surface area contributed by atoms with Crippen molar-refractivity contribution in [2.75, 3.05) is 0 Å². The molecule has 0 unspecified atom stereocenters. The SMILES string of the molecule is c1ccc2cc3c(ccc4c(-c5ccc(-c6cc7c(c8ccccc68)c6c8ccccc8ccc6n7-c6cccc7ccccc67)cc5)cccc43)cc2c1. The van der Waals surface area contributed by atoms with Gasteiger partial charge in [-0.15, -0.1) is 0 Å². The molecule has 0 aliphatic rings. The first-order chi connectivity index (χ1) is 27.3. The molecule has 0 N–H and O–H groups in total. The molecule has 12 rings (SSSR count). The summed E-state index contributed by atoms with van der Waals surface area (Å²) in [6, 6.07) is 74.1. The predicted molar refractivity (Wildman–Crippen MR) is 237 cm³/mol. The summed E-state index contributed by atoms with van der Waals surface area (Å²) in [5, 5.41) is 17.8. The second-order valence-corrected chi connectivity index (χ2v) is 14.8. The molecule has 0 fully saturated rings. The monoisotopic (exact) mass is 695 g/mol. The van der Waals surface area contributed by atoms with Gasteiger partial charge in [0, 0.05) is 16.2 Å². The molecule has 0 aliphatic carbocycles. The Labute approximate surface area is 317 Å². The van der Waals surface area contributed by atoms with Crippen LogP contribution in [0, 0.1) is 0 Å². The summed E-state index contributed by atoms with van der Waals surface area (Å²) in [6.45, 7) is 0. The van der Waals surface area contributed by atoms with E-state index in [2.05, 4.69) is 205 Å². The van der Waals surface area contributed by atoms with Crippen LogP contribution in [0.15, 0.2) is 200 Å². The van der Waals surface area contributed by atoms with Crippen LogP contribution >= 0.6 is 0 Å². The Morgan fingerprint density at radius 3 is 1.60 bits per heavy atom. The van der Waals surface area contributed by atoms with Crippen molar-refractivity contribution >= 4 is 86.4 Å². The normalized spacial score (nSPS) is 12.0. The van der Waals surface area contributed by atoms with Gasteiger partial charge in [-0.1, -0.05) is 170 Å². The van der Waals surface area contributed by atoms with Crippen LogP contribution in [-0.4, -0.2) is 4.57 Å². The molecule has 1 nitrogen and oxygen atoms in total. The third kappa shape index (κ3) is 4.48. The van der Waals surface area contributed by atoms with E-state index < -0.39 is 0 Å². The average Bonchev–Trinajstić information content (AvgIpc) is 3.60. The maximum Gasteiger partial charge on any atom is 0.0554 e. The molecule has 0 saturated carbocycles. The zero-order valence-corrected chi connectivity index (χ0v) is 30.0. The highest BCUT2D eigenvalue weighted by Crippen LogP contribution is 2.45. The van der Waals surface area contributed by atoms with E-state index in [9.17, 15) is 0 Å². The van der Waals surface area contributed by atoms with Gasteiger partial charge in [0.15, 0.2) is 0 Å². The van der Waals surface area contributed by atoms with Crippen molar-refractivity contribution in [1.82, 2.24) is 4.57 Å². The standard InChI is InChI=1S/C54H33N/c1-2-14-39-32-48-40(31-38(39)13-1)27-29-46-41(20-10-21-44(46)48)36-23-25-37(26-24-36)49-33-52-54(47-19-8-7-18-45(47)49)53-43-17-6-4-12-35(43)28-30-51(53)55(52)50-22-9-15-34-11-3-5-16-42(34)50/h1-33H. The largest absolute Gasteiger partial charge is 0.309 e. The van der Waals surface area contributed by atoms with Crippen LogP contribution in [0.2, 0.25) is 0 Å². The summed E-state index contributed by atoms with van der Waals surface area (Å²) < 4.78 is 2.51. The van der Waals surface area contributed by atoms with Crippen molar-refractivity contribution in [2.24, 2.45) is 0 Å². The Balaban J connectivity index is 1.10. The fraction of sp³-hybridized carbons (Fsp3) is 0. The molecule has 55 heavy (non-hydrogen) atoms. The quantitative estimate of drug-likeness (QED) is 0.128. The van der Waals surface area contributed by atoms with Crippen molar-refractivity contribution < 1.29 is 0 Å². The number of fused-ring (bicyclic) bond motifs is 12. The fourth-order valence-electron chi connectivity index (χ4n) is 9.40. The molecule has 0 atom stereocenters. The summed E-state index contributed by atoms with van der Waals surface area (Å²) in [7, 11) is 0. The summed E-state index contributed by atoms with van der Waals surface area (Å²) in [6.07, 6.45) is 0. The number of hydrogen-bond donors (Lipinski definition) is 0. The lowest BCUT2D eigenvalue weighted by molar-refractivity contribution is 1.20. The van der Waals surface area contributed by atoms with Gasteiger partial charge in [0.2, 0.25) is 0 Å². The molecule has 1 heterocycles. The molecule has 1 aromatic heterocycles. The van der Waals surface area contributed by atoms with Gasteiger partial charge in [-0.25, -0.2) is 0 Å². The van der Waals surface area contributed by atoms with E-state index in [-0.39, 0.29) is 0 Å². The van der Waals surface area contributed by atoms with Crippen molar-refractivity contribution in [3.05, 3.63) is 200 Å².